The van der Waals surface area contributed by atoms with Crippen molar-refractivity contribution in [3.8, 4) is 11.5 Å². The Balaban J connectivity index is 1.84. The Morgan fingerprint density at radius 1 is 1.24 bits per heavy atom. The van der Waals surface area contributed by atoms with Gasteiger partial charge in [0, 0.05) is 0 Å². The summed E-state index contributed by atoms with van der Waals surface area (Å²) < 4.78 is 5.55. The van der Waals surface area contributed by atoms with Crippen molar-refractivity contribution in [1.82, 2.24) is 0 Å². The molecule has 1 unspecified atom stereocenters. The van der Waals surface area contributed by atoms with Crippen LogP contribution < -0.4 is 15.0 Å². The summed E-state index contributed by atoms with van der Waals surface area (Å²) in [7, 11) is 0. The predicted molar refractivity (Wildman–Crippen MR) is 95.0 cm³/mol. The van der Waals surface area contributed by atoms with Crippen LogP contribution in [-0.2, 0) is 9.59 Å². The fourth-order valence-electron chi connectivity index (χ4n) is 2.94. The van der Waals surface area contributed by atoms with E-state index in [1.54, 1.807) is 13.0 Å². The molecule has 2 N–H and O–H groups in total. The monoisotopic (exact) mass is 340 g/mol. The van der Waals surface area contributed by atoms with E-state index < -0.39 is 6.04 Å². The number of aromatic hydroxyl groups is 1. The molecule has 0 bridgehead atoms. The summed E-state index contributed by atoms with van der Waals surface area (Å²) in [5, 5.41) is 12.6. The van der Waals surface area contributed by atoms with Gasteiger partial charge in [0.2, 0.25) is 5.91 Å². The van der Waals surface area contributed by atoms with Crippen molar-refractivity contribution in [2.75, 3.05) is 16.8 Å². The topological polar surface area (TPSA) is 78.9 Å². The Kier molecular flexibility index (Phi) is 4.61. The van der Waals surface area contributed by atoms with Gasteiger partial charge < -0.3 is 15.2 Å². The van der Waals surface area contributed by atoms with E-state index in [1.165, 1.54) is 17.0 Å². The number of benzene rings is 2. The van der Waals surface area contributed by atoms with Gasteiger partial charge in [-0.15, -0.1) is 0 Å². The first-order valence-corrected chi connectivity index (χ1v) is 8.16. The van der Waals surface area contributed by atoms with E-state index in [0.717, 1.165) is 0 Å². The number of nitrogens with one attached hydrogen (secondary N) is 1. The molecular formula is C19H20N2O4. The van der Waals surface area contributed by atoms with Gasteiger partial charge in [-0.05, 0) is 49.7 Å². The van der Waals surface area contributed by atoms with Gasteiger partial charge in [0.15, 0.2) is 0 Å². The number of ether oxygens (including phenoxy) is 1. The maximum atomic E-state index is 12.8. The molecule has 25 heavy (non-hydrogen) atoms. The number of para-hydroxylation sites is 2. The van der Waals surface area contributed by atoms with Crippen LogP contribution in [0.1, 0.15) is 18.9 Å². The van der Waals surface area contributed by atoms with Crippen LogP contribution in [0.5, 0.6) is 11.5 Å². The predicted octanol–water partition coefficient (Wildman–Crippen LogP) is 2.84. The van der Waals surface area contributed by atoms with E-state index in [-0.39, 0.29) is 24.0 Å². The van der Waals surface area contributed by atoms with Crippen molar-refractivity contribution in [3.05, 3.63) is 48.0 Å². The lowest BCUT2D eigenvalue weighted by atomic mass is 10.1. The highest BCUT2D eigenvalue weighted by molar-refractivity contribution is 6.23. The van der Waals surface area contributed by atoms with Crippen LogP contribution in [0.2, 0.25) is 0 Å². The molecule has 6 heteroatoms. The lowest BCUT2D eigenvalue weighted by Crippen LogP contribution is -2.35. The molecule has 0 aromatic heterocycles. The summed E-state index contributed by atoms with van der Waals surface area (Å²) in [6.45, 7) is 4.15. The highest BCUT2D eigenvalue weighted by Crippen LogP contribution is 2.31. The molecule has 0 aliphatic carbocycles. The highest BCUT2D eigenvalue weighted by Gasteiger charge is 2.40. The molecule has 1 heterocycles. The first-order chi connectivity index (χ1) is 12.0. The summed E-state index contributed by atoms with van der Waals surface area (Å²) >= 11 is 0. The third kappa shape index (κ3) is 3.28. The fraction of sp³-hybridized carbons (Fsp3) is 0.263. The minimum atomic E-state index is -0.651. The second-order valence-electron chi connectivity index (χ2n) is 5.87. The quantitative estimate of drug-likeness (QED) is 0.818. The fourth-order valence-corrected chi connectivity index (χ4v) is 2.94. The van der Waals surface area contributed by atoms with E-state index in [4.69, 9.17) is 4.74 Å². The second-order valence-corrected chi connectivity index (χ2v) is 5.87. The molecular weight excluding hydrogens is 320 g/mol. The molecule has 2 aromatic carbocycles. The number of imide groups is 1. The van der Waals surface area contributed by atoms with Gasteiger partial charge in [0.05, 0.1) is 24.4 Å². The third-order valence-corrected chi connectivity index (χ3v) is 4.08. The lowest BCUT2D eigenvalue weighted by molar-refractivity contribution is -0.121. The third-order valence-electron chi connectivity index (χ3n) is 4.08. The van der Waals surface area contributed by atoms with Crippen LogP contribution in [0.3, 0.4) is 0 Å². The van der Waals surface area contributed by atoms with Crippen LogP contribution in [0.25, 0.3) is 0 Å². The van der Waals surface area contributed by atoms with Gasteiger partial charge >= 0.3 is 0 Å². The first kappa shape index (κ1) is 16.8. The van der Waals surface area contributed by atoms with Crippen molar-refractivity contribution in [1.29, 1.82) is 0 Å². The summed E-state index contributed by atoms with van der Waals surface area (Å²) in [5.41, 5.74) is 1.84. The number of aryl methyl sites for hydroxylation is 1. The SMILES string of the molecule is CCOc1ccccc1NC1CC(=O)N(c2ccc(O)cc2C)C1=O. The van der Waals surface area contributed by atoms with Crippen LogP contribution in [-0.4, -0.2) is 29.6 Å². The minimum Gasteiger partial charge on any atom is -0.508 e. The molecule has 1 fully saturated rings. The van der Waals surface area contributed by atoms with Crippen LogP contribution >= 0.6 is 0 Å². The number of hydrogen-bond acceptors (Lipinski definition) is 5. The average Bonchev–Trinajstić information content (AvgIpc) is 2.84. The van der Waals surface area contributed by atoms with E-state index >= 15 is 0 Å². The zero-order valence-corrected chi connectivity index (χ0v) is 14.2. The molecule has 0 spiro atoms. The number of hydrogen-bond donors (Lipinski definition) is 2. The van der Waals surface area contributed by atoms with Gasteiger partial charge in [-0.3, -0.25) is 9.59 Å². The highest BCUT2D eigenvalue weighted by atomic mass is 16.5. The molecule has 3 rings (SSSR count). The summed E-state index contributed by atoms with van der Waals surface area (Å²) in [6, 6.07) is 11.2. The van der Waals surface area contributed by atoms with Gasteiger partial charge in [0.1, 0.15) is 17.5 Å². The van der Waals surface area contributed by atoms with E-state index in [2.05, 4.69) is 5.32 Å². The Morgan fingerprint density at radius 3 is 2.72 bits per heavy atom. The number of anilines is 2. The van der Waals surface area contributed by atoms with Crippen molar-refractivity contribution in [2.24, 2.45) is 0 Å². The minimum absolute atomic E-state index is 0.0691. The number of phenols is 1. The van der Waals surface area contributed by atoms with Crippen molar-refractivity contribution < 1.29 is 19.4 Å². The van der Waals surface area contributed by atoms with E-state index in [1.807, 2.05) is 31.2 Å². The van der Waals surface area contributed by atoms with Crippen LogP contribution in [0.15, 0.2) is 42.5 Å². The molecule has 2 aromatic rings. The summed E-state index contributed by atoms with van der Waals surface area (Å²) in [5.74, 6) is 0.153. The normalized spacial score (nSPS) is 17.0. The Bertz CT molecular complexity index is 819. The van der Waals surface area contributed by atoms with E-state index in [0.29, 0.717) is 29.3 Å². The van der Waals surface area contributed by atoms with Crippen LogP contribution in [0, 0.1) is 6.92 Å². The molecule has 130 valence electrons. The number of nitrogens with zero attached hydrogens (tertiary/aromatic N) is 1. The molecule has 1 saturated heterocycles. The standard InChI is InChI=1S/C19H20N2O4/c1-3-25-17-7-5-4-6-14(17)20-15-11-18(23)21(19(15)24)16-9-8-13(22)10-12(16)2/h4-10,15,20,22H,3,11H2,1-2H3. The number of carbonyl (C=O) groups excluding carboxylic acids is 2. The van der Waals surface area contributed by atoms with Gasteiger partial charge in [-0.2, -0.15) is 0 Å². The van der Waals surface area contributed by atoms with Gasteiger partial charge in [0.25, 0.3) is 5.91 Å². The Morgan fingerprint density at radius 2 is 2.00 bits per heavy atom. The van der Waals surface area contributed by atoms with E-state index in [9.17, 15) is 14.7 Å². The molecule has 0 radical (unpaired) electrons. The van der Waals surface area contributed by atoms with Crippen molar-refractivity contribution >= 4 is 23.2 Å². The van der Waals surface area contributed by atoms with Crippen molar-refractivity contribution in [3.63, 3.8) is 0 Å². The van der Waals surface area contributed by atoms with Gasteiger partial charge in [-0.1, -0.05) is 12.1 Å². The molecule has 1 atom stereocenters. The molecule has 0 saturated carbocycles. The summed E-state index contributed by atoms with van der Waals surface area (Å²) in [4.78, 5) is 26.3. The first-order valence-electron chi connectivity index (χ1n) is 8.16. The smallest absolute Gasteiger partial charge is 0.256 e. The number of carbonyl (C=O) groups is 2. The number of amides is 2. The molecule has 2 amide bonds. The average molecular weight is 340 g/mol. The maximum Gasteiger partial charge on any atom is 0.256 e. The zero-order chi connectivity index (χ0) is 18.0. The maximum absolute atomic E-state index is 12.8. The van der Waals surface area contributed by atoms with Crippen molar-refractivity contribution in [2.45, 2.75) is 26.3 Å². The second kappa shape index (κ2) is 6.84. The lowest BCUT2D eigenvalue weighted by Gasteiger charge is -2.19. The molecule has 1 aliphatic rings. The largest absolute Gasteiger partial charge is 0.508 e. The zero-order valence-electron chi connectivity index (χ0n) is 14.2. The molecule has 6 nitrogen and oxygen atoms in total. The molecule has 1 aliphatic heterocycles. The Labute approximate surface area is 146 Å². The number of rotatable bonds is 5. The van der Waals surface area contributed by atoms with Gasteiger partial charge in [-0.25, -0.2) is 4.90 Å². The number of phenolic OH excluding ortho intramolecular Hbond substituents is 1. The van der Waals surface area contributed by atoms with Crippen LogP contribution in [0.4, 0.5) is 11.4 Å². The Hall–Kier alpha value is -3.02. The summed E-state index contributed by atoms with van der Waals surface area (Å²) in [6.07, 6.45) is 0.0691.